The van der Waals surface area contributed by atoms with Crippen LogP contribution >= 0.6 is 0 Å². The summed E-state index contributed by atoms with van der Waals surface area (Å²) in [6.45, 7) is 0. The van der Waals surface area contributed by atoms with Crippen molar-refractivity contribution in [1.29, 1.82) is 0 Å². The molecular formula is C15H23N3O2. The molecule has 0 bridgehead atoms. The molecule has 0 aliphatic heterocycles. The third-order valence-corrected chi connectivity index (χ3v) is 3.63. The molecule has 1 aliphatic rings. The van der Waals surface area contributed by atoms with Gasteiger partial charge in [0.25, 0.3) is 0 Å². The monoisotopic (exact) mass is 277 g/mol. The molecule has 0 spiro atoms. The summed E-state index contributed by atoms with van der Waals surface area (Å²) in [5.41, 5.74) is 1.63. The molecule has 1 saturated carbocycles. The first-order valence-corrected chi connectivity index (χ1v) is 7.03. The summed E-state index contributed by atoms with van der Waals surface area (Å²) >= 11 is 0. The van der Waals surface area contributed by atoms with Gasteiger partial charge in [0.15, 0.2) is 0 Å². The number of carbonyl (C=O) groups is 1. The molecule has 2 rings (SSSR count). The predicted octanol–water partition coefficient (Wildman–Crippen LogP) is 2.83. The molecule has 1 fully saturated rings. The molecule has 0 unspecified atom stereocenters. The van der Waals surface area contributed by atoms with Crippen molar-refractivity contribution >= 4 is 17.4 Å². The predicted molar refractivity (Wildman–Crippen MR) is 81.7 cm³/mol. The van der Waals surface area contributed by atoms with Gasteiger partial charge in [-0.2, -0.15) is 0 Å². The van der Waals surface area contributed by atoms with Crippen LogP contribution in [0.5, 0.6) is 5.75 Å². The Morgan fingerprint density at radius 3 is 2.60 bits per heavy atom. The van der Waals surface area contributed by atoms with Gasteiger partial charge in [-0.05, 0) is 25.0 Å². The van der Waals surface area contributed by atoms with E-state index in [9.17, 15) is 4.79 Å². The average molecular weight is 277 g/mol. The summed E-state index contributed by atoms with van der Waals surface area (Å²) in [7, 11) is 5.48. The van der Waals surface area contributed by atoms with Gasteiger partial charge in [0, 0.05) is 20.1 Å². The summed E-state index contributed by atoms with van der Waals surface area (Å²) in [4.78, 5) is 14.1. The Labute approximate surface area is 120 Å². The minimum absolute atomic E-state index is 0.162. The highest BCUT2D eigenvalue weighted by Crippen LogP contribution is 2.34. The smallest absolute Gasteiger partial charge is 0.319 e. The number of anilines is 2. The summed E-state index contributed by atoms with van der Waals surface area (Å²) in [5.74, 6) is 0.665. The molecule has 5 nitrogen and oxygen atoms in total. The number of nitrogens with zero attached hydrogens (tertiary/aromatic N) is 1. The van der Waals surface area contributed by atoms with Crippen LogP contribution in [0.15, 0.2) is 18.2 Å². The average Bonchev–Trinajstić information content (AvgIpc) is 2.91. The molecule has 2 N–H and O–H groups in total. The fraction of sp³-hybridized carbons (Fsp3) is 0.533. The van der Waals surface area contributed by atoms with E-state index in [-0.39, 0.29) is 6.03 Å². The molecular weight excluding hydrogens is 254 g/mol. The van der Waals surface area contributed by atoms with Gasteiger partial charge < -0.3 is 20.3 Å². The highest BCUT2D eigenvalue weighted by Gasteiger charge is 2.19. The number of carbonyl (C=O) groups excluding carboxylic acids is 1. The van der Waals surface area contributed by atoms with Crippen LogP contribution in [-0.2, 0) is 0 Å². The van der Waals surface area contributed by atoms with E-state index in [4.69, 9.17) is 4.74 Å². The van der Waals surface area contributed by atoms with Crippen LogP contribution in [0.25, 0.3) is 0 Å². The van der Waals surface area contributed by atoms with Crippen LogP contribution in [0.3, 0.4) is 0 Å². The molecule has 0 radical (unpaired) electrons. The molecule has 0 heterocycles. The molecule has 1 aromatic carbocycles. The van der Waals surface area contributed by atoms with Crippen LogP contribution in [0.4, 0.5) is 16.2 Å². The maximum Gasteiger partial charge on any atom is 0.319 e. The number of hydrogen-bond donors (Lipinski definition) is 2. The van der Waals surface area contributed by atoms with E-state index >= 15 is 0 Å². The number of hydrogen-bond acceptors (Lipinski definition) is 3. The van der Waals surface area contributed by atoms with Crippen molar-refractivity contribution in [3.63, 3.8) is 0 Å². The Hall–Kier alpha value is -1.91. The zero-order valence-electron chi connectivity index (χ0n) is 12.4. The van der Waals surface area contributed by atoms with Gasteiger partial charge >= 0.3 is 6.03 Å². The van der Waals surface area contributed by atoms with Crippen LogP contribution in [0.1, 0.15) is 25.7 Å². The molecule has 2 amide bonds. The maximum atomic E-state index is 12.1. The van der Waals surface area contributed by atoms with Crippen LogP contribution in [0.2, 0.25) is 0 Å². The van der Waals surface area contributed by atoms with Crippen molar-refractivity contribution < 1.29 is 9.53 Å². The van der Waals surface area contributed by atoms with Gasteiger partial charge in [-0.1, -0.05) is 18.9 Å². The van der Waals surface area contributed by atoms with E-state index in [0.717, 1.165) is 18.5 Å². The van der Waals surface area contributed by atoms with Gasteiger partial charge in [0.1, 0.15) is 11.4 Å². The largest absolute Gasteiger partial charge is 0.494 e. The minimum Gasteiger partial charge on any atom is -0.494 e. The van der Waals surface area contributed by atoms with E-state index in [1.54, 1.807) is 7.11 Å². The van der Waals surface area contributed by atoms with Crippen LogP contribution < -0.4 is 20.3 Å². The molecule has 1 aromatic rings. The Morgan fingerprint density at radius 2 is 2.00 bits per heavy atom. The van der Waals surface area contributed by atoms with E-state index in [2.05, 4.69) is 10.6 Å². The van der Waals surface area contributed by atoms with Crippen molar-refractivity contribution in [3.05, 3.63) is 18.2 Å². The molecule has 1 aliphatic carbocycles. The maximum absolute atomic E-state index is 12.1. The number of rotatable bonds is 4. The lowest BCUT2D eigenvalue weighted by Gasteiger charge is -2.21. The highest BCUT2D eigenvalue weighted by molar-refractivity contribution is 5.95. The third-order valence-electron chi connectivity index (χ3n) is 3.63. The summed E-state index contributed by atoms with van der Waals surface area (Å²) < 4.78 is 5.34. The number of urea groups is 1. The van der Waals surface area contributed by atoms with E-state index in [1.807, 2.05) is 37.2 Å². The second-order valence-electron chi connectivity index (χ2n) is 5.33. The number of ether oxygens (including phenoxy) is 1. The fourth-order valence-electron chi connectivity index (χ4n) is 2.59. The molecule has 5 heteroatoms. The number of amides is 2. The normalized spacial score (nSPS) is 14.9. The van der Waals surface area contributed by atoms with Crippen molar-refractivity contribution in [1.82, 2.24) is 5.32 Å². The van der Waals surface area contributed by atoms with Crippen LogP contribution in [-0.4, -0.2) is 33.3 Å². The Balaban J connectivity index is 2.12. The zero-order valence-corrected chi connectivity index (χ0v) is 12.4. The Morgan fingerprint density at radius 1 is 1.30 bits per heavy atom. The number of nitrogens with one attached hydrogen (secondary N) is 2. The van der Waals surface area contributed by atoms with Crippen molar-refractivity contribution in [2.45, 2.75) is 31.7 Å². The summed E-state index contributed by atoms with van der Waals surface area (Å²) in [6, 6.07) is 5.84. The standard InChI is InChI=1S/C15H23N3O2/c1-18(2)12-9-6-10-13(20-3)14(12)17-15(19)16-11-7-4-5-8-11/h6,9-11H,4-5,7-8H2,1-3H3,(H2,16,17,19). The quantitative estimate of drug-likeness (QED) is 0.889. The topological polar surface area (TPSA) is 53.6 Å². The lowest BCUT2D eigenvalue weighted by molar-refractivity contribution is 0.248. The van der Waals surface area contributed by atoms with Crippen molar-refractivity contribution in [2.24, 2.45) is 0 Å². The molecule has 0 aromatic heterocycles. The van der Waals surface area contributed by atoms with Gasteiger partial charge in [0.2, 0.25) is 0 Å². The van der Waals surface area contributed by atoms with Gasteiger partial charge in [-0.25, -0.2) is 4.79 Å². The Kier molecular flexibility index (Phi) is 4.71. The summed E-state index contributed by atoms with van der Waals surface area (Å²) in [5, 5.41) is 5.94. The minimum atomic E-state index is -0.162. The number of benzene rings is 1. The first-order valence-electron chi connectivity index (χ1n) is 7.03. The first kappa shape index (κ1) is 14.5. The van der Waals surface area contributed by atoms with Gasteiger partial charge in [-0.15, -0.1) is 0 Å². The molecule has 20 heavy (non-hydrogen) atoms. The van der Waals surface area contributed by atoms with E-state index in [0.29, 0.717) is 17.5 Å². The third kappa shape index (κ3) is 3.35. The zero-order chi connectivity index (χ0) is 14.5. The van der Waals surface area contributed by atoms with E-state index in [1.165, 1.54) is 12.8 Å². The second-order valence-corrected chi connectivity index (χ2v) is 5.33. The summed E-state index contributed by atoms with van der Waals surface area (Å²) in [6.07, 6.45) is 4.53. The SMILES string of the molecule is COc1cccc(N(C)C)c1NC(=O)NC1CCCC1. The van der Waals surface area contributed by atoms with Crippen molar-refractivity contribution in [3.8, 4) is 5.75 Å². The first-order chi connectivity index (χ1) is 9.61. The van der Waals surface area contributed by atoms with Gasteiger partial charge in [-0.3, -0.25) is 0 Å². The molecule has 0 saturated heterocycles. The molecule has 0 atom stereocenters. The molecule has 110 valence electrons. The van der Waals surface area contributed by atoms with Crippen molar-refractivity contribution in [2.75, 3.05) is 31.4 Å². The number of para-hydroxylation sites is 1. The fourth-order valence-corrected chi connectivity index (χ4v) is 2.59. The number of methoxy groups -OCH3 is 1. The van der Waals surface area contributed by atoms with Crippen LogP contribution in [0, 0.1) is 0 Å². The lowest BCUT2D eigenvalue weighted by Crippen LogP contribution is -2.36. The second kappa shape index (κ2) is 6.50. The van der Waals surface area contributed by atoms with Gasteiger partial charge in [0.05, 0.1) is 12.8 Å². The Bertz CT molecular complexity index is 468. The highest BCUT2D eigenvalue weighted by atomic mass is 16.5. The van der Waals surface area contributed by atoms with E-state index < -0.39 is 0 Å². The lowest BCUT2D eigenvalue weighted by atomic mass is 10.2.